The second-order valence-electron chi connectivity index (χ2n) is 6.31. The molecule has 1 fully saturated rings. The van der Waals surface area contributed by atoms with Crippen LogP contribution in [0.5, 0.6) is 0 Å². The van der Waals surface area contributed by atoms with E-state index in [1.807, 2.05) is 18.2 Å². The van der Waals surface area contributed by atoms with E-state index in [9.17, 15) is 4.79 Å². The summed E-state index contributed by atoms with van der Waals surface area (Å²) in [5.74, 6) is 0. The highest BCUT2D eigenvalue weighted by Gasteiger charge is 2.19. The van der Waals surface area contributed by atoms with Gasteiger partial charge in [-0.3, -0.25) is 9.69 Å². The second kappa shape index (κ2) is 7.72. The molecule has 2 heterocycles. The van der Waals surface area contributed by atoms with Crippen LogP contribution in [0, 0.1) is 0 Å². The lowest BCUT2D eigenvalue weighted by atomic mass is 10.1. The molecule has 25 heavy (non-hydrogen) atoms. The number of nitrogens with one attached hydrogen (secondary N) is 1. The van der Waals surface area contributed by atoms with Crippen molar-refractivity contribution in [2.75, 3.05) is 31.1 Å². The van der Waals surface area contributed by atoms with Crippen molar-refractivity contribution in [3.05, 3.63) is 76.6 Å². The number of fused-ring (bicyclic) bond motifs is 1. The number of pyridine rings is 1. The van der Waals surface area contributed by atoms with Crippen LogP contribution in [0.4, 0.5) is 5.69 Å². The Balaban J connectivity index is 0.00000182. The molecule has 4 rings (SSSR count). The third-order valence-electron chi connectivity index (χ3n) is 4.69. The summed E-state index contributed by atoms with van der Waals surface area (Å²) in [6, 6.07) is 20.3. The number of halogens is 1. The molecule has 0 radical (unpaired) electrons. The molecule has 0 aliphatic carbocycles. The highest BCUT2D eigenvalue weighted by atomic mass is 35.5. The average Bonchev–Trinajstić information content (AvgIpc) is 2.62. The third kappa shape index (κ3) is 3.86. The third-order valence-corrected chi connectivity index (χ3v) is 4.69. The lowest BCUT2D eigenvalue weighted by Gasteiger charge is -2.36. The standard InChI is InChI=1S/C20H21N3O.ClH/c24-20-14-19(17-8-4-5-9-18(17)21-20)23-12-10-22(11-13-23)15-16-6-2-1-3-7-16;/h1-9,14H,10-13,15H2,(H,21,24);1H. The molecule has 0 bridgehead atoms. The van der Waals surface area contributed by atoms with Crippen molar-refractivity contribution < 1.29 is 0 Å². The summed E-state index contributed by atoms with van der Waals surface area (Å²) < 4.78 is 0. The van der Waals surface area contributed by atoms with Gasteiger partial charge in [-0.25, -0.2) is 0 Å². The van der Waals surface area contributed by atoms with Crippen LogP contribution in [0.3, 0.4) is 0 Å². The molecule has 5 heteroatoms. The molecule has 0 unspecified atom stereocenters. The van der Waals surface area contributed by atoms with Gasteiger partial charge >= 0.3 is 0 Å². The molecule has 1 aromatic heterocycles. The van der Waals surface area contributed by atoms with E-state index in [-0.39, 0.29) is 18.0 Å². The quantitative estimate of drug-likeness (QED) is 0.783. The molecule has 0 saturated carbocycles. The molecule has 1 aliphatic rings. The first-order valence-electron chi connectivity index (χ1n) is 8.43. The number of nitrogens with zero attached hydrogens (tertiary/aromatic N) is 2. The van der Waals surface area contributed by atoms with Gasteiger partial charge in [0.15, 0.2) is 0 Å². The fourth-order valence-electron chi connectivity index (χ4n) is 3.44. The van der Waals surface area contributed by atoms with Crippen LogP contribution in [0.15, 0.2) is 65.5 Å². The number of aromatic amines is 1. The van der Waals surface area contributed by atoms with Crippen molar-refractivity contribution in [1.29, 1.82) is 0 Å². The summed E-state index contributed by atoms with van der Waals surface area (Å²) in [6.07, 6.45) is 0. The first-order valence-corrected chi connectivity index (χ1v) is 8.43. The maximum Gasteiger partial charge on any atom is 0.250 e. The van der Waals surface area contributed by atoms with E-state index < -0.39 is 0 Å². The molecule has 1 saturated heterocycles. The first-order chi connectivity index (χ1) is 11.8. The smallest absolute Gasteiger partial charge is 0.250 e. The predicted molar refractivity (Wildman–Crippen MR) is 106 cm³/mol. The Morgan fingerprint density at radius 3 is 2.32 bits per heavy atom. The zero-order valence-electron chi connectivity index (χ0n) is 14.0. The van der Waals surface area contributed by atoms with Crippen LogP contribution in [-0.4, -0.2) is 36.1 Å². The predicted octanol–water partition coefficient (Wildman–Crippen LogP) is 3.27. The van der Waals surface area contributed by atoms with E-state index in [1.165, 1.54) is 5.56 Å². The Morgan fingerprint density at radius 2 is 1.56 bits per heavy atom. The van der Waals surface area contributed by atoms with Gasteiger partial charge in [0.25, 0.3) is 0 Å². The average molecular weight is 356 g/mol. The SMILES string of the molecule is Cl.O=c1cc(N2CCN(Cc3ccccc3)CC2)c2ccccc2[nH]1. The van der Waals surface area contributed by atoms with Gasteiger partial charge in [-0.15, -0.1) is 12.4 Å². The maximum atomic E-state index is 12.0. The Kier molecular flexibility index (Phi) is 5.41. The highest BCUT2D eigenvalue weighted by molar-refractivity contribution is 5.91. The number of para-hydroxylation sites is 1. The maximum absolute atomic E-state index is 12.0. The minimum atomic E-state index is -0.0320. The summed E-state index contributed by atoms with van der Waals surface area (Å²) in [6.45, 7) is 4.90. The topological polar surface area (TPSA) is 39.3 Å². The summed E-state index contributed by atoms with van der Waals surface area (Å²) in [5.41, 5.74) is 3.28. The molecule has 0 atom stereocenters. The number of rotatable bonds is 3. The largest absolute Gasteiger partial charge is 0.368 e. The molecule has 2 aromatic carbocycles. The fourth-order valence-corrected chi connectivity index (χ4v) is 3.44. The Bertz CT molecular complexity index is 886. The lowest BCUT2D eigenvalue weighted by Crippen LogP contribution is -2.46. The number of hydrogen-bond donors (Lipinski definition) is 1. The highest BCUT2D eigenvalue weighted by Crippen LogP contribution is 2.24. The van der Waals surface area contributed by atoms with Gasteiger partial charge in [-0.05, 0) is 11.6 Å². The van der Waals surface area contributed by atoms with Gasteiger partial charge in [-0.1, -0.05) is 48.5 Å². The lowest BCUT2D eigenvalue weighted by molar-refractivity contribution is 0.250. The van der Waals surface area contributed by atoms with E-state index >= 15 is 0 Å². The minimum Gasteiger partial charge on any atom is -0.368 e. The number of piperazine rings is 1. The molecule has 0 amide bonds. The van der Waals surface area contributed by atoms with Gasteiger partial charge in [-0.2, -0.15) is 0 Å². The van der Waals surface area contributed by atoms with Crippen LogP contribution in [0.25, 0.3) is 10.9 Å². The summed E-state index contributed by atoms with van der Waals surface area (Å²) in [5, 5.41) is 1.12. The van der Waals surface area contributed by atoms with E-state index in [2.05, 4.69) is 51.2 Å². The molecule has 0 spiro atoms. The van der Waals surface area contributed by atoms with Crippen LogP contribution < -0.4 is 10.5 Å². The van der Waals surface area contributed by atoms with Gasteiger partial charge < -0.3 is 9.88 Å². The number of aromatic nitrogens is 1. The van der Waals surface area contributed by atoms with E-state index in [0.29, 0.717) is 0 Å². The number of hydrogen-bond acceptors (Lipinski definition) is 3. The second-order valence-corrected chi connectivity index (χ2v) is 6.31. The molecule has 1 N–H and O–H groups in total. The van der Waals surface area contributed by atoms with Crippen LogP contribution >= 0.6 is 12.4 Å². The molecule has 130 valence electrons. The summed E-state index contributed by atoms with van der Waals surface area (Å²) in [4.78, 5) is 19.7. The monoisotopic (exact) mass is 355 g/mol. The van der Waals surface area contributed by atoms with E-state index in [0.717, 1.165) is 49.3 Å². The number of H-pyrrole nitrogens is 1. The van der Waals surface area contributed by atoms with Crippen molar-refractivity contribution in [3.8, 4) is 0 Å². The molecular weight excluding hydrogens is 334 g/mol. The normalized spacial score (nSPS) is 15.1. The van der Waals surface area contributed by atoms with Crippen molar-refractivity contribution in [2.45, 2.75) is 6.54 Å². The van der Waals surface area contributed by atoms with Crippen LogP contribution in [-0.2, 0) is 6.54 Å². The zero-order valence-corrected chi connectivity index (χ0v) is 14.8. The Hall–Kier alpha value is -2.30. The molecule has 3 aromatic rings. The first kappa shape index (κ1) is 17.5. The number of anilines is 1. The zero-order chi connectivity index (χ0) is 16.4. The van der Waals surface area contributed by atoms with Crippen molar-refractivity contribution in [1.82, 2.24) is 9.88 Å². The fraction of sp³-hybridized carbons (Fsp3) is 0.250. The van der Waals surface area contributed by atoms with Crippen molar-refractivity contribution >= 4 is 29.0 Å². The van der Waals surface area contributed by atoms with Gasteiger partial charge in [0.2, 0.25) is 5.56 Å². The van der Waals surface area contributed by atoms with Crippen molar-refractivity contribution in [3.63, 3.8) is 0 Å². The van der Waals surface area contributed by atoms with Gasteiger partial charge in [0.05, 0.1) is 11.2 Å². The molecule has 4 nitrogen and oxygen atoms in total. The van der Waals surface area contributed by atoms with E-state index in [4.69, 9.17) is 0 Å². The van der Waals surface area contributed by atoms with Gasteiger partial charge in [0.1, 0.15) is 0 Å². The summed E-state index contributed by atoms with van der Waals surface area (Å²) >= 11 is 0. The van der Waals surface area contributed by atoms with Crippen molar-refractivity contribution in [2.24, 2.45) is 0 Å². The molecular formula is C20H22ClN3O. The Labute approximate surface area is 153 Å². The molecule has 1 aliphatic heterocycles. The van der Waals surface area contributed by atoms with Crippen LogP contribution in [0.1, 0.15) is 5.56 Å². The summed E-state index contributed by atoms with van der Waals surface area (Å²) in [7, 11) is 0. The van der Waals surface area contributed by atoms with Crippen LogP contribution in [0.2, 0.25) is 0 Å². The minimum absolute atomic E-state index is 0. The van der Waals surface area contributed by atoms with Gasteiger partial charge in [0, 0.05) is 44.2 Å². The number of benzene rings is 2. The van der Waals surface area contributed by atoms with E-state index in [1.54, 1.807) is 6.07 Å². The Morgan fingerprint density at radius 1 is 0.880 bits per heavy atom.